The Morgan fingerprint density at radius 2 is 2.06 bits per heavy atom. The molecule has 2 aliphatic rings. The van der Waals surface area contributed by atoms with E-state index >= 15 is 0 Å². The highest BCUT2D eigenvalue weighted by Crippen LogP contribution is 2.20. The van der Waals surface area contributed by atoms with Crippen molar-refractivity contribution in [1.29, 1.82) is 0 Å². The van der Waals surface area contributed by atoms with Crippen molar-refractivity contribution in [2.45, 2.75) is 0 Å². The van der Waals surface area contributed by atoms with Gasteiger partial charge in [-0.2, -0.15) is 5.06 Å². The summed E-state index contributed by atoms with van der Waals surface area (Å²) < 4.78 is 0. The van der Waals surface area contributed by atoms with Crippen LogP contribution in [0.5, 0.6) is 0 Å². The Balaban J connectivity index is 2.19. The summed E-state index contributed by atoms with van der Waals surface area (Å²) in [6, 6.07) is 1.71. The van der Waals surface area contributed by atoms with Gasteiger partial charge in [-0.3, -0.25) is 10.2 Å². The highest BCUT2D eigenvalue weighted by atomic mass is 16.6. The number of aromatic nitrogens is 1. The molecule has 0 spiro atoms. The molecule has 81 valence electrons. The summed E-state index contributed by atoms with van der Waals surface area (Å²) in [4.78, 5) is 12.2. The molecule has 0 unspecified atom stereocenters. The molecule has 3 rings (SSSR count). The Morgan fingerprint density at radius 3 is 2.75 bits per heavy atom. The van der Waals surface area contributed by atoms with Crippen LogP contribution in [0.25, 0.3) is 0 Å². The lowest BCUT2D eigenvalue weighted by molar-refractivity contribution is -0.139. The Morgan fingerprint density at radius 1 is 1.25 bits per heavy atom. The number of hydrogen-bond donors (Lipinski definition) is 1. The molecule has 1 radical (unpaired) electrons. The standard InChI is InChI=1S/C9H8N5O2/c15-13-3-4-14(16)9(13)8-11-6-1-2-10-5-7(6)12-8/h1-2,5,15H,3-4H2/b9-8+. The molecule has 16 heavy (non-hydrogen) atoms. The van der Waals surface area contributed by atoms with Gasteiger partial charge in [0.05, 0.1) is 24.6 Å². The number of hydrogen-bond acceptors (Lipinski definition) is 6. The molecule has 0 bridgehead atoms. The molecular formula is C9H8N5O2. The van der Waals surface area contributed by atoms with Crippen molar-refractivity contribution in [3.63, 3.8) is 0 Å². The molecule has 3 heterocycles. The molecule has 1 saturated heterocycles. The first-order valence-corrected chi connectivity index (χ1v) is 4.78. The molecule has 1 N–H and O–H groups in total. The Bertz CT molecular complexity index is 533. The lowest BCUT2D eigenvalue weighted by atomic mass is 10.4. The lowest BCUT2D eigenvalue weighted by Crippen LogP contribution is -2.20. The Kier molecular flexibility index (Phi) is 1.88. The summed E-state index contributed by atoms with van der Waals surface area (Å²) in [5.74, 6) is 0.328. The topological polar surface area (TPSA) is 84.2 Å². The first-order chi connectivity index (χ1) is 7.75. The second-order valence-electron chi connectivity index (χ2n) is 3.46. The largest absolute Gasteiger partial charge is 0.287 e. The number of rotatable bonds is 0. The fraction of sp³-hybridized carbons (Fsp3) is 0.222. The maximum Gasteiger partial charge on any atom is 0.201 e. The van der Waals surface area contributed by atoms with E-state index in [0.29, 0.717) is 15.8 Å². The molecule has 2 aliphatic heterocycles. The van der Waals surface area contributed by atoms with Gasteiger partial charge in [0.1, 0.15) is 5.36 Å². The van der Waals surface area contributed by atoms with Crippen LogP contribution in [0.15, 0.2) is 40.1 Å². The minimum Gasteiger partial charge on any atom is -0.287 e. The van der Waals surface area contributed by atoms with E-state index in [2.05, 4.69) is 15.0 Å². The maximum atomic E-state index is 11.4. The number of nitrogens with zero attached hydrogens (tertiary/aromatic N) is 5. The van der Waals surface area contributed by atoms with Crippen molar-refractivity contribution < 1.29 is 10.4 Å². The third kappa shape index (κ3) is 1.26. The molecule has 1 aromatic rings. The van der Waals surface area contributed by atoms with Crippen molar-refractivity contribution >= 4 is 0 Å². The van der Waals surface area contributed by atoms with Gasteiger partial charge in [-0.1, -0.05) is 5.21 Å². The molecule has 7 heteroatoms. The van der Waals surface area contributed by atoms with Crippen molar-refractivity contribution in [3.8, 4) is 0 Å². The van der Waals surface area contributed by atoms with Gasteiger partial charge in [0, 0.05) is 6.20 Å². The van der Waals surface area contributed by atoms with Gasteiger partial charge in [-0.05, 0) is 6.07 Å². The van der Waals surface area contributed by atoms with Gasteiger partial charge < -0.3 is 0 Å². The zero-order valence-electron chi connectivity index (χ0n) is 8.24. The average molecular weight is 218 g/mol. The summed E-state index contributed by atoms with van der Waals surface area (Å²) in [5, 5.41) is 23.8. The van der Waals surface area contributed by atoms with Gasteiger partial charge in [0.15, 0.2) is 5.82 Å². The van der Waals surface area contributed by atoms with E-state index in [1.165, 1.54) is 0 Å². The second-order valence-corrected chi connectivity index (χ2v) is 3.46. The van der Waals surface area contributed by atoms with E-state index in [9.17, 15) is 10.4 Å². The summed E-state index contributed by atoms with van der Waals surface area (Å²) in [6.07, 6.45) is 3.17. The van der Waals surface area contributed by atoms with Gasteiger partial charge in [-0.25, -0.2) is 15.0 Å². The van der Waals surface area contributed by atoms with Crippen LogP contribution in [-0.4, -0.2) is 33.4 Å². The van der Waals surface area contributed by atoms with Crippen LogP contribution in [0.3, 0.4) is 0 Å². The number of pyridine rings is 1. The van der Waals surface area contributed by atoms with Gasteiger partial charge in [0.25, 0.3) is 0 Å². The van der Waals surface area contributed by atoms with Crippen molar-refractivity contribution in [2.24, 2.45) is 9.98 Å². The molecule has 0 saturated carbocycles. The highest BCUT2D eigenvalue weighted by molar-refractivity contribution is 5.16. The Hall–Kier alpha value is -1.99. The zero-order valence-corrected chi connectivity index (χ0v) is 8.24. The molecule has 0 amide bonds. The first kappa shape index (κ1) is 9.25. The molecule has 0 aliphatic carbocycles. The molecule has 0 atom stereocenters. The Labute approximate surface area is 90.2 Å². The number of fused-ring (bicyclic) bond motifs is 1. The van der Waals surface area contributed by atoms with Crippen LogP contribution >= 0.6 is 0 Å². The van der Waals surface area contributed by atoms with Gasteiger partial charge in [0.2, 0.25) is 5.82 Å². The third-order valence-corrected chi connectivity index (χ3v) is 2.43. The fourth-order valence-corrected chi connectivity index (χ4v) is 1.67. The van der Waals surface area contributed by atoms with E-state index in [1.54, 1.807) is 18.5 Å². The van der Waals surface area contributed by atoms with Crippen molar-refractivity contribution in [2.75, 3.05) is 13.1 Å². The van der Waals surface area contributed by atoms with Crippen LogP contribution in [0.1, 0.15) is 0 Å². The molecular weight excluding hydrogens is 210 g/mol. The van der Waals surface area contributed by atoms with Crippen LogP contribution in [0.2, 0.25) is 0 Å². The van der Waals surface area contributed by atoms with Gasteiger partial charge in [-0.15, -0.1) is 0 Å². The van der Waals surface area contributed by atoms with Crippen LogP contribution in [0, 0.1) is 0 Å². The zero-order chi connectivity index (χ0) is 11.1. The summed E-state index contributed by atoms with van der Waals surface area (Å²) in [6.45, 7) is 0.483. The van der Waals surface area contributed by atoms with Crippen molar-refractivity contribution in [1.82, 2.24) is 15.1 Å². The summed E-state index contributed by atoms with van der Waals surface area (Å²) in [7, 11) is 0. The number of hydroxylamine groups is 4. The van der Waals surface area contributed by atoms with E-state index in [-0.39, 0.29) is 24.7 Å². The average Bonchev–Trinajstić information content (AvgIpc) is 2.82. The summed E-state index contributed by atoms with van der Waals surface area (Å²) >= 11 is 0. The van der Waals surface area contributed by atoms with E-state index in [1.807, 2.05) is 0 Å². The van der Waals surface area contributed by atoms with E-state index < -0.39 is 0 Å². The van der Waals surface area contributed by atoms with Gasteiger partial charge >= 0.3 is 0 Å². The quantitative estimate of drug-likeness (QED) is 0.593. The summed E-state index contributed by atoms with van der Waals surface area (Å²) in [5.41, 5.74) is 0. The monoisotopic (exact) mass is 218 g/mol. The van der Waals surface area contributed by atoms with Crippen LogP contribution in [0.4, 0.5) is 0 Å². The van der Waals surface area contributed by atoms with E-state index in [4.69, 9.17) is 0 Å². The van der Waals surface area contributed by atoms with E-state index in [0.717, 1.165) is 5.06 Å². The molecule has 0 aromatic carbocycles. The van der Waals surface area contributed by atoms with Crippen molar-refractivity contribution in [3.05, 3.63) is 40.8 Å². The fourth-order valence-electron chi connectivity index (χ4n) is 1.67. The SMILES string of the molecule is [O]N1CCN(O)/C1=C1/N=c2ccncc2=N1. The minimum absolute atomic E-state index is 0.0937. The predicted octanol–water partition coefficient (Wildman–Crippen LogP) is -1.19. The van der Waals surface area contributed by atoms with Crippen LogP contribution < -0.4 is 10.7 Å². The lowest BCUT2D eigenvalue weighted by Gasteiger charge is -2.11. The predicted molar refractivity (Wildman–Crippen MR) is 49.5 cm³/mol. The second kappa shape index (κ2) is 3.26. The third-order valence-electron chi connectivity index (χ3n) is 2.43. The van der Waals surface area contributed by atoms with Crippen LogP contribution in [-0.2, 0) is 5.21 Å². The molecule has 1 aromatic heterocycles. The molecule has 7 nitrogen and oxygen atoms in total. The minimum atomic E-state index is 0.0937. The smallest absolute Gasteiger partial charge is 0.201 e. The highest BCUT2D eigenvalue weighted by Gasteiger charge is 2.28. The molecule has 1 fully saturated rings. The normalized spacial score (nSPS) is 23.1. The maximum absolute atomic E-state index is 11.4. The first-order valence-electron chi connectivity index (χ1n) is 4.78.